The van der Waals surface area contributed by atoms with Gasteiger partial charge >= 0.3 is 0 Å². The van der Waals surface area contributed by atoms with Crippen molar-refractivity contribution in [1.29, 1.82) is 0 Å². The third kappa shape index (κ3) is 2.32. The average Bonchev–Trinajstić information content (AvgIpc) is 2.92. The van der Waals surface area contributed by atoms with Gasteiger partial charge in [0.15, 0.2) is 0 Å². The first-order valence-electron chi connectivity index (χ1n) is 4.65. The van der Waals surface area contributed by atoms with Crippen LogP contribution in [0, 0.1) is 0 Å². The molecule has 1 aromatic rings. The van der Waals surface area contributed by atoms with Gasteiger partial charge in [-0.25, -0.2) is 0 Å². The Morgan fingerprint density at radius 2 is 2.07 bits per heavy atom. The van der Waals surface area contributed by atoms with Crippen molar-refractivity contribution in [2.24, 2.45) is 0 Å². The highest BCUT2D eigenvalue weighted by Crippen LogP contribution is 2.28. The Bertz CT molecular complexity index is 350. The van der Waals surface area contributed by atoms with Crippen LogP contribution in [0.15, 0.2) is 12.1 Å². The monoisotopic (exact) mass is 231 g/mol. The highest BCUT2D eigenvalue weighted by atomic mass is 35.5. The van der Waals surface area contributed by atoms with Gasteiger partial charge in [-0.05, 0) is 12.1 Å². The molecule has 2 N–H and O–H groups in total. The van der Waals surface area contributed by atoms with Crippen molar-refractivity contribution in [1.82, 2.24) is 0 Å². The molecule has 0 atom stereocenters. The van der Waals surface area contributed by atoms with Gasteiger partial charge in [0.25, 0.3) is 0 Å². The van der Waals surface area contributed by atoms with Crippen LogP contribution in [0.3, 0.4) is 0 Å². The fourth-order valence-electron chi connectivity index (χ4n) is 1.39. The summed E-state index contributed by atoms with van der Waals surface area (Å²) in [6, 6.07) is 3.90. The van der Waals surface area contributed by atoms with Gasteiger partial charge < -0.3 is 10.4 Å². The van der Waals surface area contributed by atoms with Crippen molar-refractivity contribution in [3.63, 3.8) is 0 Å². The highest BCUT2D eigenvalue weighted by molar-refractivity contribution is 6.35. The first-order chi connectivity index (χ1) is 6.66. The molecule has 0 heterocycles. The lowest BCUT2D eigenvalue weighted by Gasteiger charge is -2.14. The van der Waals surface area contributed by atoms with Crippen molar-refractivity contribution < 1.29 is 10.4 Å². The van der Waals surface area contributed by atoms with Gasteiger partial charge in [0.2, 0.25) is 0 Å². The number of hydrogen-bond acceptors (Lipinski definition) is 1. The fraction of sp³-hybridized carbons (Fsp3) is 0.400. The van der Waals surface area contributed by atoms with Crippen LogP contribution in [0.5, 0.6) is 5.75 Å². The molecule has 1 aromatic carbocycles. The summed E-state index contributed by atoms with van der Waals surface area (Å²) in [5, 5.41) is 14.5. The van der Waals surface area contributed by atoms with Gasteiger partial charge in [0.1, 0.15) is 6.54 Å². The van der Waals surface area contributed by atoms with E-state index in [0.717, 1.165) is 0 Å². The first kappa shape index (κ1) is 10.1. The van der Waals surface area contributed by atoms with Crippen molar-refractivity contribution in [2.75, 3.05) is 0 Å². The summed E-state index contributed by atoms with van der Waals surface area (Å²) in [5.41, 5.74) is 0.703. The Hall–Kier alpha value is -0.440. The molecule has 1 aliphatic rings. The van der Waals surface area contributed by atoms with E-state index in [1.807, 2.05) is 0 Å². The molecule has 1 aliphatic carbocycles. The summed E-state index contributed by atoms with van der Waals surface area (Å²) < 4.78 is 0. The van der Waals surface area contributed by atoms with Crippen LogP contribution in [0.4, 0.5) is 0 Å². The Morgan fingerprint density at radius 3 is 2.71 bits per heavy atom. The zero-order valence-electron chi connectivity index (χ0n) is 7.59. The van der Waals surface area contributed by atoms with Crippen LogP contribution in [-0.2, 0) is 6.54 Å². The zero-order chi connectivity index (χ0) is 10.1. The van der Waals surface area contributed by atoms with Gasteiger partial charge in [-0.2, -0.15) is 0 Å². The zero-order valence-corrected chi connectivity index (χ0v) is 9.11. The predicted molar refractivity (Wildman–Crippen MR) is 54.6 cm³/mol. The molecule has 0 radical (unpaired) electrons. The summed E-state index contributed by atoms with van der Waals surface area (Å²) in [6.07, 6.45) is 2.50. The number of benzene rings is 1. The van der Waals surface area contributed by atoms with Crippen LogP contribution < -0.4 is 10.4 Å². The standard InChI is InChI=1S/C10H11Cl2NO/c11-7-3-6(5-13-8-1-2-8)10(14)9(12)4-7/h3-4,8,13-14H,1-2,5H2. The van der Waals surface area contributed by atoms with E-state index >= 15 is 0 Å². The number of quaternary nitrogens is 1. The van der Waals surface area contributed by atoms with Crippen molar-refractivity contribution in [3.05, 3.63) is 27.7 Å². The normalized spacial score (nSPS) is 15.9. The van der Waals surface area contributed by atoms with Gasteiger partial charge in [0, 0.05) is 28.5 Å². The molecule has 76 valence electrons. The minimum atomic E-state index is -0.0898. The van der Waals surface area contributed by atoms with Crippen molar-refractivity contribution >= 4 is 23.2 Å². The molecule has 4 heteroatoms. The Kier molecular flexibility index (Phi) is 2.86. The summed E-state index contributed by atoms with van der Waals surface area (Å²) in [4.78, 5) is 0. The molecule has 2 rings (SSSR count). The third-order valence-electron chi connectivity index (χ3n) is 2.38. The Morgan fingerprint density at radius 1 is 1.36 bits per heavy atom. The van der Waals surface area contributed by atoms with Crippen LogP contribution in [0.2, 0.25) is 10.0 Å². The maximum Gasteiger partial charge on any atom is 0.101 e. The van der Waals surface area contributed by atoms with E-state index in [4.69, 9.17) is 23.2 Å². The lowest BCUT2D eigenvalue weighted by molar-refractivity contribution is -0.684. The Balaban J connectivity index is 2.13. The fourth-order valence-corrected chi connectivity index (χ4v) is 1.93. The molecule has 0 spiro atoms. The van der Waals surface area contributed by atoms with Crippen molar-refractivity contribution in [3.8, 4) is 5.75 Å². The third-order valence-corrected chi connectivity index (χ3v) is 2.88. The average molecular weight is 232 g/mol. The van der Waals surface area contributed by atoms with Gasteiger partial charge in [-0.15, -0.1) is 0 Å². The number of nitrogens with two attached hydrogens (primary N) is 1. The molecule has 1 saturated carbocycles. The molecule has 0 bridgehead atoms. The van der Waals surface area contributed by atoms with E-state index in [0.29, 0.717) is 23.2 Å². The van der Waals surface area contributed by atoms with Gasteiger partial charge in [0.05, 0.1) is 6.04 Å². The van der Waals surface area contributed by atoms with E-state index in [-0.39, 0.29) is 10.8 Å². The van der Waals surface area contributed by atoms with Crippen LogP contribution in [0.1, 0.15) is 18.4 Å². The van der Waals surface area contributed by atoms with E-state index in [9.17, 15) is 5.11 Å². The first-order valence-corrected chi connectivity index (χ1v) is 5.40. The maximum atomic E-state index is 11.5. The Labute approximate surface area is 92.8 Å². The molecule has 1 fully saturated rings. The maximum absolute atomic E-state index is 11.5. The number of halogens is 2. The van der Waals surface area contributed by atoms with E-state index in [1.54, 1.807) is 6.07 Å². The van der Waals surface area contributed by atoms with E-state index < -0.39 is 0 Å². The molecule has 2 nitrogen and oxygen atoms in total. The molecular weight excluding hydrogens is 221 g/mol. The van der Waals surface area contributed by atoms with E-state index in [2.05, 4.69) is 5.32 Å². The molecule has 0 amide bonds. The molecular formula is C10H11Cl2NO. The highest BCUT2D eigenvalue weighted by Gasteiger charge is 2.24. The second-order valence-corrected chi connectivity index (χ2v) is 4.50. The minimum Gasteiger partial charge on any atom is -0.871 e. The largest absolute Gasteiger partial charge is 0.871 e. The molecule has 0 aliphatic heterocycles. The molecule has 14 heavy (non-hydrogen) atoms. The number of hydrogen-bond donors (Lipinski definition) is 1. The lowest BCUT2D eigenvalue weighted by atomic mass is 10.2. The van der Waals surface area contributed by atoms with Crippen LogP contribution in [0.25, 0.3) is 0 Å². The van der Waals surface area contributed by atoms with Gasteiger partial charge in [-0.1, -0.05) is 29.0 Å². The smallest absolute Gasteiger partial charge is 0.101 e. The quantitative estimate of drug-likeness (QED) is 0.838. The van der Waals surface area contributed by atoms with Crippen molar-refractivity contribution in [2.45, 2.75) is 25.4 Å². The summed E-state index contributed by atoms with van der Waals surface area (Å²) in [5.74, 6) is -0.0898. The SMILES string of the molecule is [O-]c1c(Cl)cc(Cl)cc1C[NH2+]C1CC1. The molecule has 0 saturated heterocycles. The predicted octanol–water partition coefficient (Wildman–Crippen LogP) is 1.29. The second kappa shape index (κ2) is 3.97. The molecule has 0 unspecified atom stereocenters. The summed E-state index contributed by atoms with van der Waals surface area (Å²) >= 11 is 11.6. The number of rotatable bonds is 3. The minimum absolute atomic E-state index is 0.0898. The van der Waals surface area contributed by atoms with Gasteiger partial charge in [-0.3, -0.25) is 0 Å². The van der Waals surface area contributed by atoms with Crippen LogP contribution >= 0.6 is 23.2 Å². The topological polar surface area (TPSA) is 39.7 Å². The van der Waals surface area contributed by atoms with Crippen LogP contribution in [-0.4, -0.2) is 6.04 Å². The van der Waals surface area contributed by atoms with E-state index in [1.165, 1.54) is 18.9 Å². The summed E-state index contributed by atoms with van der Waals surface area (Å²) in [7, 11) is 0. The summed E-state index contributed by atoms with van der Waals surface area (Å²) in [6.45, 7) is 0.684. The lowest BCUT2D eigenvalue weighted by Crippen LogP contribution is -2.84. The second-order valence-electron chi connectivity index (χ2n) is 3.65. The molecule has 0 aromatic heterocycles.